The lowest BCUT2D eigenvalue weighted by atomic mass is 10.1. The maximum absolute atomic E-state index is 12.7. The van der Waals surface area contributed by atoms with E-state index in [9.17, 15) is 9.18 Å². The van der Waals surface area contributed by atoms with Crippen molar-refractivity contribution in [3.63, 3.8) is 0 Å². The van der Waals surface area contributed by atoms with E-state index in [4.69, 9.17) is 5.73 Å². The van der Waals surface area contributed by atoms with Gasteiger partial charge in [0.25, 0.3) is 0 Å². The highest BCUT2D eigenvalue weighted by Crippen LogP contribution is 2.19. The Balaban J connectivity index is 2.99. The predicted octanol–water partition coefficient (Wildman–Crippen LogP) is 1.85. The van der Waals surface area contributed by atoms with Crippen LogP contribution in [0, 0.1) is 5.82 Å². The first-order chi connectivity index (χ1) is 6.13. The molecule has 0 unspecified atom stereocenters. The molecule has 1 aromatic carbocycles. The van der Waals surface area contributed by atoms with E-state index < -0.39 is 6.09 Å². The summed E-state index contributed by atoms with van der Waals surface area (Å²) >= 11 is 0. The lowest BCUT2D eigenvalue weighted by molar-refractivity contribution is 0.210. The summed E-state index contributed by atoms with van der Waals surface area (Å²) in [7, 11) is 0. The van der Waals surface area contributed by atoms with Gasteiger partial charge in [-0.25, -0.2) is 9.18 Å². The average Bonchev–Trinajstić information content (AvgIpc) is 2.07. The maximum atomic E-state index is 12.7. The fourth-order valence-electron chi connectivity index (χ4n) is 1.03. The number of ether oxygens (including phenoxy) is 1. The van der Waals surface area contributed by atoms with Gasteiger partial charge in [-0.1, -0.05) is 6.92 Å². The Kier molecular flexibility index (Phi) is 2.84. The van der Waals surface area contributed by atoms with Crippen molar-refractivity contribution in [3.8, 4) is 5.75 Å². The van der Waals surface area contributed by atoms with Gasteiger partial charge in [0, 0.05) is 0 Å². The van der Waals surface area contributed by atoms with Gasteiger partial charge in [0.1, 0.15) is 11.6 Å². The van der Waals surface area contributed by atoms with E-state index in [0.29, 0.717) is 17.7 Å². The average molecular weight is 183 g/mol. The number of carbonyl (C=O) groups is 1. The van der Waals surface area contributed by atoms with Crippen LogP contribution in [0.15, 0.2) is 18.2 Å². The molecule has 0 radical (unpaired) electrons. The Hall–Kier alpha value is -1.58. The van der Waals surface area contributed by atoms with Crippen LogP contribution >= 0.6 is 0 Å². The second kappa shape index (κ2) is 3.89. The van der Waals surface area contributed by atoms with Crippen molar-refractivity contribution in [2.75, 3.05) is 0 Å². The summed E-state index contributed by atoms with van der Waals surface area (Å²) in [5.41, 5.74) is 5.46. The number of primary amides is 1. The molecular weight excluding hydrogens is 173 g/mol. The zero-order valence-corrected chi connectivity index (χ0v) is 7.21. The van der Waals surface area contributed by atoms with E-state index in [2.05, 4.69) is 4.74 Å². The maximum Gasteiger partial charge on any atom is 0.409 e. The number of nitrogens with two attached hydrogens (primary N) is 1. The van der Waals surface area contributed by atoms with Gasteiger partial charge in [-0.05, 0) is 30.2 Å². The fourth-order valence-corrected chi connectivity index (χ4v) is 1.03. The molecule has 13 heavy (non-hydrogen) atoms. The molecule has 0 atom stereocenters. The second-order valence-electron chi connectivity index (χ2n) is 2.53. The molecule has 1 amide bonds. The largest absolute Gasteiger partial charge is 0.410 e. The molecule has 0 aliphatic heterocycles. The quantitative estimate of drug-likeness (QED) is 0.760. The van der Waals surface area contributed by atoms with Gasteiger partial charge in [-0.15, -0.1) is 0 Å². The minimum Gasteiger partial charge on any atom is -0.410 e. The van der Waals surface area contributed by atoms with Crippen LogP contribution in [0.1, 0.15) is 12.5 Å². The molecule has 3 nitrogen and oxygen atoms in total. The van der Waals surface area contributed by atoms with Crippen LogP contribution in [0.25, 0.3) is 0 Å². The van der Waals surface area contributed by atoms with E-state index in [1.807, 2.05) is 6.92 Å². The number of rotatable bonds is 2. The van der Waals surface area contributed by atoms with Gasteiger partial charge >= 0.3 is 6.09 Å². The first kappa shape index (κ1) is 9.51. The Morgan fingerprint density at radius 2 is 2.31 bits per heavy atom. The highest BCUT2D eigenvalue weighted by Gasteiger charge is 2.05. The van der Waals surface area contributed by atoms with Crippen LogP contribution in [0.3, 0.4) is 0 Å². The number of benzene rings is 1. The molecule has 1 aromatic rings. The van der Waals surface area contributed by atoms with Crippen LogP contribution in [0.4, 0.5) is 9.18 Å². The van der Waals surface area contributed by atoms with E-state index in [1.54, 1.807) is 0 Å². The van der Waals surface area contributed by atoms with E-state index in [0.717, 1.165) is 0 Å². The number of hydrogen-bond acceptors (Lipinski definition) is 2. The summed E-state index contributed by atoms with van der Waals surface area (Å²) in [6, 6.07) is 3.93. The summed E-state index contributed by atoms with van der Waals surface area (Å²) in [6.45, 7) is 1.84. The standard InChI is InChI=1S/C9H10FNO2/c1-2-6-5-7(10)3-4-8(6)13-9(11)12/h3-5H,2H2,1H3,(H2,11,12). The molecule has 0 aliphatic carbocycles. The number of aryl methyl sites for hydroxylation is 1. The first-order valence-electron chi connectivity index (χ1n) is 3.89. The Morgan fingerprint density at radius 1 is 1.62 bits per heavy atom. The number of hydrogen-bond donors (Lipinski definition) is 1. The van der Waals surface area contributed by atoms with Crippen LogP contribution in [0.2, 0.25) is 0 Å². The van der Waals surface area contributed by atoms with Gasteiger partial charge in [0.15, 0.2) is 0 Å². The summed E-state index contributed by atoms with van der Waals surface area (Å²) < 4.78 is 17.4. The molecular formula is C9H10FNO2. The van der Waals surface area contributed by atoms with Crippen LogP contribution in [0.5, 0.6) is 5.75 Å². The molecule has 0 fully saturated rings. The highest BCUT2D eigenvalue weighted by atomic mass is 19.1. The molecule has 0 bridgehead atoms. The Bertz CT molecular complexity index is 325. The summed E-state index contributed by atoms with van der Waals surface area (Å²) in [5, 5.41) is 0. The van der Waals surface area contributed by atoms with Crippen LogP contribution < -0.4 is 10.5 Å². The van der Waals surface area contributed by atoms with E-state index >= 15 is 0 Å². The third-order valence-electron chi connectivity index (χ3n) is 1.61. The monoisotopic (exact) mass is 183 g/mol. The molecule has 0 aromatic heterocycles. The van der Waals surface area contributed by atoms with Crippen molar-refractivity contribution < 1.29 is 13.9 Å². The number of halogens is 1. The molecule has 1 rings (SSSR count). The summed E-state index contributed by atoms with van der Waals surface area (Å²) in [5.74, 6) is -0.0370. The molecule has 0 aliphatic rings. The third-order valence-corrected chi connectivity index (χ3v) is 1.61. The smallest absolute Gasteiger partial charge is 0.409 e. The van der Waals surface area contributed by atoms with Gasteiger partial charge in [-0.2, -0.15) is 0 Å². The molecule has 2 N–H and O–H groups in total. The lowest BCUT2D eigenvalue weighted by Gasteiger charge is -2.05. The van der Waals surface area contributed by atoms with Crippen molar-refractivity contribution in [2.45, 2.75) is 13.3 Å². The van der Waals surface area contributed by atoms with Crippen molar-refractivity contribution in [3.05, 3.63) is 29.6 Å². The van der Waals surface area contributed by atoms with Gasteiger partial charge in [-0.3, -0.25) is 0 Å². The SMILES string of the molecule is CCc1cc(F)ccc1OC(N)=O. The van der Waals surface area contributed by atoms with Crippen LogP contribution in [-0.4, -0.2) is 6.09 Å². The van der Waals surface area contributed by atoms with Crippen LogP contribution in [-0.2, 0) is 6.42 Å². The molecule has 0 saturated heterocycles. The van der Waals surface area contributed by atoms with Gasteiger partial charge < -0.3 is 10.5 Å². The number of amides is 1. The second-order valence-corrected chi connectivity index (χ2v) is 2.53. The normalized spacial score (nSPS) is 9.69. The number of carbonyl (C=O) groups excluding carboxylic acids is 1. The Morgan fingerprint density at radius 3 is 2.85 bits per heavy atom. The third kappa shape index (κ3) is 2.43. The molecule has 4 heteroatoms. The minimum absolute atomic E-state index is 0.316. The van der Waals surface area contributed by atoms with E-state index in [-0.39, 0.29) is 5.82 Å². The summed E-state index contributed by atoms with van der Waals surface area (Å²) in [4.78, 5) is 10.4. The first-order valence-corrected chi connectivity index (χ1v) is 3.89. The lowest BCUT2D eigenvalue weighted by Crippen LogP contribution is -2.17. The minimum atomic E-state index is -0.888. The van der Waals surface area contributed by atoms with Crippen molar-refractivity contribution in [2.24, 2.45) is 5.73 Å². The summed E-state index contributed by atoms with van der Waals surface area (Å²) in [6.07, 6.45) is -0.304. The zero-order valence-electron chi connectivity index (χ0n) is 7.21. The Labute approximate surface area is 75.3 Å². The molecule has 0 spiro atoms. The molecule has 70 valence electrons. The molecule has 0 heterocycles. The van der Waals surface area contributed by atoms with Crippen molar-refractivity contribution in [1.82, 2.24) is 0 Å². The van der Waals surface area contributed by atoms with Gasteiger partial charge in [0.05, 0.1) is 0 Å². The topological polar surface area (TPSA) is 52.3 Å². The van der Waals surface area contributed by atoms with Crippen molar-refractivity contribution in [1.29, 1.82) is 0 Å². The highest BCUT2D eigenvalue weighted by molar-refractivity contribution is 5.68. The molecule has 0 saturated carbocycles. The zero-order chi connectivity index (χ0) is 9.84. The predicted molar refractivity (Wildman–Crippen MR) is 46.0 cm³/mol. The fraction of sp³-hybridized carbons (Fsp3) is 0.222. The van der Waals surface area contributed by atoms with E-state index in [1.165, 1.54) is 18.2 Å². The van der Waals surface area contributed by atoms with Gasteiger partial charge in [0.2, 0.25) is 0 Å². The van der Waals surface area contributed by atoms with Crippen molar-refractivity contribution >= 4 is 6.09 Å².